The van der Waals surface area contributed by atoms with E-state index in [-0.39, 0.29) is 18.4 Å². The Kier molecular flexibility index (Phi) is 6.12. The van der Waals surface area contributed by atoms with Crippen LogP contribution in [0, 0.1) is 0 Å². The van der Waals surface area contributed by atoms with Crippen molar-refractivity contribution in [2.24, 2.45) is 0 Å². The van der Waals surface area contributed by atoms with Crippen LogP contribution < -0.4 is 5.32 Å². The van der Waals surface area contributed by atoms with Crippen molar-refractivity contribution in [1.82, 2.24) is 15.1 Å². The molecule has 1 N–H and O–H groups in total. The van der Waals surface area contributed by atoms with Gasteiger partial charge in [-0.1, -0.05) is 6.42 Å². The second-order valence-corrected chi connectivity index (χ2v) is 5.22. The molecule has 5 heteroatoms. The molecule has 0 aliphatic carbocycles. The van der Waals surface area contributed by atoms with Gasteiger partial charge in [-0.05, 0) is 25.8 Å². The third-order valence-electron chi connectivity index (χ3n) is 3.42. The molecule has 1 saturated heterocycles. The Morgan fingerprint density at radius 2 is 1.89 bits per heavy atom. The molecule has 1 atom stereocenters. The largest absolute Gasteiger partial charge is 0.347 e. The number of nitrogens with one attached hydrogen (secondary N) is 1. The Balaban J connectivity index is 2.24. The van der Waals surface area contributed by atoms with Crippen molar-refractivity contribution in [2.75, 3.05) is 34.2 Å². The molecule has 1 rings (SSSR count). The van der Waals surface area contributed by atoms with E-state index in [1.807, 2.05) is 0 Å². The van der Waals surface area contributed by atoms with Crippen LogP contribution in [0.3, 0.4) is 0 Å². The Labute approximate surface area is 110 Å². The fraction of sp³-hybridized carbons (Fsp3) is 0.846. The summed E-state index contributed by atoms with van der Waals surface area (Å²) in [6, 6.07) is 0.473. The molecule has 0 saturated carbocycles. The minimum Gasteiger partial charge on any atom is -0.347 e. The fourth-order valence-corrected chi connectivity index (χ4v) is 2.09. The number of carbonyl (C=O) groups excluding carboxylic acids is 2. The number of piperidine rings is 1. The average Bonchev–Trinajstić information content (AvgIpc) is 2.36. The maximum Gasteiger partial charge on any atom is 0.241 e. The van der Waals surface area contributed by atoms with Crippen molar-refractivity contribution in [3.8, 4) is 0 Å². The number of amides is 2. The first-order chi connectivity index (χ1) is 8.50. The van der Waals surface area contributed by atoms with Gasteiger partial charge in [0.05, 0.1) is 6.54 Å². The second kappa shape index (κ2) is 7.36. The standard InChI is InChI=1S/C13H25N3O2/c1-15(2)13(18)10-16(3)12(17)8-7-11-6-4-5-9-14-11/h11,14H,4-10H2,1-3H3. The second-order valence-electron chi connectivity index (χ2n) is 5.22. The third-order valence-corrected chi connectivity index (χ3v) is 3.42. The lowest BCUT2D eigenvalue weighted by Gasteiger charge is -2.24. The molecule has 0 radical (unpaired) electrons. The summed E-state index contributed by atoms with van der Waals surface area (Å²) >= 11 is 0. The van der Waals surface area contributed by atoms with Crippen LogP contribution in [0.4, 0.5) is 0 Å². The van der Waals surface area contributed by atoms with Crippen LogP contribution in [0.2, 0.25) is 0 Å². The zero-order valence-electron chi connectivity index (χ0n) is 11.7. The molecule has 18 heavy (non-hydrogen) atoms. The average molecular weight is 255 g/mol. The van der Waals surface area contributed by atoms with Crippen LogP contribution in [0.5, 0.6) is 0 Å². The van der Waals surface area contributed by atoms with Gasteiger partial charge in [0.1, 0.15) is 0 Å². The monoisotopic (exact) mass is 255 g/mol. The topological polar surface area (TPSA) is 52.7 Å². The van der Waals surface area contributed by atoms with E-state index in [0.717, 1.165) is 19.4 Å². The Hall–Kier alpha value is -1.10. The summed E-state index contributed by atoms with van der Waals surface area (Å²) in [6.45, 7) is 1.23. The Bertz CT molecular complexity index is 286. The number of rotatable bonds is 5. The predicted octanol–water partition coefficient (Wildman–Crippen LogP) is 0.455. The zero-order valence-corrected chi connectivity index (χ0v) is 11.7. The van der Waals surface area contributed by atoms with Crippen molar-refractivity contribution in [3.63, 3.8) is 0 Å². The first-order valence-electron chi connectivity index (χ1n) is 6.68. The molecular formula is C13H25N3O2. The first-order valence-corrected chi connectivity index (χ1v) is 6.68. The van der Waals surface area contributed by atoms with Crippen LogP contribution in [-0.2, 0) is 9.59 Å². The van der Waals surface area contributed by atoms with Crippen LogP contribution in [0.25, 0.3) is 0 Å². The summed E-state index contributed by atoms with van der Waals surface area (Å²) in [7, 11) is 5.09. The minimum atomic E-state index is -0.0401. The van der Waals surface area contributed by atoms with Gasteiger partial charge >= 0.3 is 0 Å². The Morgan fingerprint density at radius 3 is 2.44 bits per heavy atom. The summed E-state index contributed by atoms with van der Waals surface area (Å²) in [4.78, 5) is 26.4. The fourth-order valence-electron chi connectivity index (χ4n) is 2.09. The van der Waals surface area contributed by atoms with Gasteiger partial charge < -0.3 is 15.1 Å². The number of carbonyl (C=O) groups is 2. The van der Waals surface area contributed by atoms with Crippen molar-refractivity contribution < 1.29 is 9.59 Å². The highest BCUT2D eigenvalue weighted by molar-refractivity contribution is 5.84. The minimum absolute atomic E-state index is 0.0401. The van der Waals surface area contributed by atoms with Crippen LogP contribution in [0.1, 0.15) is 32.1 Å². The van der Waals surface area contributed by atoms with Gasteiger partial charge in [0.25, 0.3) is 0 Å². The van der Waals surface area contributed by atoms with Gasteiger partial charge in [-0.3, -0.25) is 9.59 Å². The summed E-state index contributed by atoms with van der Waals surface area (Å²) in [5.41, 5.74) is 0. The van der Waals surface area contributed by atoms with E-state index in [0.29, 0.717) is 12.5 Å². The molecule has 1 unspecified atom stereocenters. The molecule has 0 aromatic heterocycles. The third kappa shape index (κ3) is 5.04. The number of likely N-dealkylation sites (N-methyl/N-ethyl adjacent to an activating group) is 2. The molecule has 1 aliphatic rings. The SMILES string of the molecule is CN(C)C(=O)CN(C)C(=O)CCC1CCCCN1. The molecule has 2 amide bonds. The van der Waals surface area contributed by atoms with E-state index < -0.39 is 0 Å². The van der Waals surface area contributed by atoms with E-state index in [9.17, 15) is 9.59 Å². The molecule has 1 aliphatic heterocycles. The molecular weight excluding hydrogens is 230 g/mol. The van der Waals surface area contributed by atoms with Gasteiger partial charge in [-0.15, -0.1) is 0 Å². The zero-order chi connectivity index (χ0) is 13.5. The summed E-state index contributed by atoms with van der Waals surface area (Å²) in [5.74, 6) is 0.0132. The summed E-state index contributed by atoms with van der Waals surface area (Å²) in [6.07, 6.45) is 5.05. The lowest BCUT2D eigenvalue weighted by atomic mass is 10.0. The smallest absolute Gasteiger partial charge is 0.241 e. The Morgan fingerprint density at radius 1 is 1.17 bits per heavy atom. The van der Waals surface area contributed by atoms with Gasteiger partial charge in [-0.2, -0.15) is 0 Å². The molecule has 1 fully saturated rings. The molecule has 1 heterocycles. The van der Waals surface area contributed by atoms with Crippen molar-refractivity contribution >= 4 is 11.8 Å². The normalized spacial score (nSPS) is 19.4. The van der Waals surface area contributed by atoms with Gasteiger partial charge in [-0.25, -0.2) is 0 Å². The lowest BCUT2D eigenvalue weighted by Crippen LogP contribution is -2.39. The van der Waals surface area contributed by atoms with E-state index in [2.05, 4.69) is 5.32 Å². The molecule has 0 aromatic carbocycles. The molecule has 0 spiro atoms. The number of hydrogen-bond donors (Lipinski definition) is 1. The van der Waals surface area contributed by atoms with E-state index in [1.165, 1.54) is 22.6 Å². The quantitative estimate of drug-likeness (QED) is 0.776. The van der Waals surface area contributed by atoms with Crippen LogP contribution in [-0.4, -0.2) is 61.9 Å². The van der Waals surface area contributed by atoms with Crippen molar-refractivity contribution in [2.45, 2.75) is 38.1 Å². The van der Waals surface area contributed by atoms with E-state index in [1.54, 1.807) is 21.1 Å². The molecule has 0 aromatic rings. The van der Waals surface area contributed by atoms with E-state index in [4.69, 9.17) is 0 Å². The molecule has 104 valence electrons. The number of nitrogens with zero attached hydrogens (tertiary/aromatic N) is 2. The number of hydrogen-bond acceptors (Lipinski definition) is 3. The van der Waals surface area contributed by atoms with Crippen molar-refractivity contribution in [1.29, 1.82) is 0 Å². The molecule has 0 bridgehead atoms. The highest BCUT2D eigenvalue weighted by Gasteiger charge is 2.17. The maximum absolute atomic E-state index is 11.9. The van der Waals surface area contributed by atoms with Crippen LogP contribution >= 0.6 is 0 Å². The van der Waals surface area contributed by atoms with Crippen molar-refractivity contribution in [3.05, 3.63) is 0 Å². The summed E-state index contributed by atoms with van der Waals surface area (Å²) in [5, 5.41) is 3.43. The lowest BCUT2D eigenvalue weighted by molar-refractivity contribution is -0.138. The van der Waals surface area contributed by atoms with Gasteiger partial charge in [0.15, 0.2) is 0 Å². The maximum atomic E-state index is 11.9. The molecule has 5 nitrogen and oxygen atoms in total. The summed E-state index contributed by atoms with van der Waals surface area (Å²) < 4.78 is 0. The van der Waals surface area contributed by atoms with Gasteiger partial charge in [0, 0.05) is 33.6 Å². The van der Waals surface area contributed by atoms with Crippen LogP contribution in [0.15, 0.2) is 0 Å². The van der Waals surface area contributed by atoms with E-state index >= 15 is 0 Å². The highest BCUT2D eigenvalue weighted by Crippen LogP contribution is 2.12. The van der Waals surface area contributed by atoms with Gasteiger partial charge in [0.2, 0.25) is 11.8 Å². The predicted molar refractivity (Wildman–Crippen MR) is 71.2 cm³/mol. The highest BCUT2D eigenvalue weighted by atomic mass is 16.2. The first kappa shape index (κ1) is 15.0.